The number of nitrogens with one attached hydrogen (secondary N) is 2. The third-order valence-electron chi connectivity index (χ3n) is 3.76. The Hall–Kier alpha value is -3.03. The highest BCUT2D eigenvalue weighted by Crippen LogP contribution is 2.17. The van der Waals surface area contributed by atoms with Gasteiger partial charge in [-0.3, -0.25) is 4.79 Å². The van der Waals surface area contributed by atoms with Crippen molar-refractivity contribution in [3.05, 3.63) is 59.4 Å². The van der Waals surface area contributed by atoms with Crippen LogP contribution in [0.1, 0.15) is 41.8 Å². The lowest BCUT2D eigenvalue weighted by Gasteiger charge is -2.23. The number of aryl methyl sites for hydroxylation is 2. The molecule has 130 valence electrons. The Bertz CT molecular complexity index is 910. The van der Waals surface area contributed by atoms with E-state index >= 15 is 0 Å². The van der Waals surface area contributed by atoms with Gasteiger partial charge in [0.05, 0.1) is 11.2 Å². The fourth-order valence-corrected chi connectivity index (χ4v) is 2.44. The van der Waals surface area contributed by atoms with Crippen molar-refractivity contribution >= 4 is 5.91 Å². The van der Waals surface area contributed by atoms with Crippen LogP contribution in [0.15, 0.2) is 30.5 Å². The summed E-state index contributed by atoms with van der Waals surface area (Å²) in [6.45, 7) is 7.30. The number of carbonyl (C=O) groups is 1. The molecule has 0 saturated carbocycles. The number of nitrogens with zero attached hydrogens (tertiary/aromatic N) is 4. The zero-order valence-corrected chi connectivity index (χ0v) is 14.5. The molecule has 0 aliphatic carbocycles. The largest absolute Gasteiger partial charge is 0.344 e. The monoisotopic (exact) mass is 342 g/mol. The van der Waals surface area contributed by atoms with Crippen LogP contribution in [0.2, 0.25) is 0 Å². The number of carbonyl (C=O) groups excluding carboxylic acids is 1. The molecule has 2 heterocycles. The molecule has 0 unspecified atom stereocenters. The molecular formula is C17H19FN6O. The minimum atomic E-state index is -0.708. The first-order valence-electron chi connectivity index (χ1n) is 7.80. The molecule has 2 aromatic heterocycles. The fourth-order valence-electron chi connectivity index (χ4n) is 2.44. The quantitative estimate of drug-likeness (QED) is 0.762. The summed E-state index contributed by atoms with van der Waals surface area (Å²) in [4.78, 5) is 24.1. The lowest BCUT2D eigenvalue weighted by Crippen LogP contribution is -2.42. The molecule has 0 atom stereocenters. The Labute approximate surface area is 144 Å². The van der Waals surface area contributed by atoms with Gasteiger partial charge in [0, 0.05) is 11.9 Å². The fraction of sp³-hybridized carbons (Fsp3) is 0.294. The van der Waals surface area contributed by atoms with Crippen LogP contribution in [0, 0.1) is 19.7 Å². The average molecular weight is 342 g/mol. The lowest BCUT2D eigenvalue weighted by atomic mass is 10.1. The number of hydrogen-bond acceptors (Lipinski definition) is 4. The number of halogens is 1. The van der Waals surface area contributed by atoms with Gasteiger partial charge in [-0.25, -0.2) is 19.0 Å². The Kier molecular flexibility index (Phi) is 4.12. The Balaban J connectivity index is 1.83. The van der Waals surface area contributed by atoms with Crippen molar-refractivity contribution in [3.8, 4) is 5.69 Å². The molecule has 1 aromatic carbocycles. The molecule has 0 fully saturated rings. The number of imidazole rings is 1. The highest BCUT2D eigenvalue weighted by molar-refractivity contribution is 5.91. The van der Waals surface area contributed by atoms with E-state index in [9.17, 15) is 9.18 Å². The van der Waals surface area contributed by atoms with Crippen molar-refractivity contribution in [2.45, 2.75) is 33.2 Å². The van der Waals surface area contributed by atoms with E-state index < -0.39 is 11.4 Å². The summed E-state index contributed by atoms with van der Waals surface area (Å²) in [5, 5.41) is 7.11. The third-order valence-corrected chi connectivity index (χ3v) is 3.76. The summed E-state index contributed by atoms with van der Waals surface area (Å²) in [5.74, 6) is 0.465. The molecule has 0 aliphatic rings. The molecule has 0 spiro atoms. The number of rotatable bonds is 4. The van der Waals surface area contributed by atoms with Crippen molar-refractivity contribution in [1.82, 2.24) is 30.0 Å². The van der Waals surface area contributed by atoms with Crippen LogP contribution in [-0.2, 0) is 5.54 Å². The molecule has 7 nitrogen and oxygen atoms in total. The highest BCUT2D eigenvalue weighted by atomic mass is 19.1. The van der Waals surface area contributed by atoms with E-state index in [0.29, 0.717) is 17.3 Å². The number of aromatic amines is 1. The van der Waals surface area contributed by atoms with Gasteiger partial charge in [0.15, 0.2) is 0 Å². The molecule has 0 radical (unpaired) electrons. The Morgan fingerprint density at radius 1 is 1.24 bits per heavy atom. The first-order valence-corrected chi connectivity index (χ1v) is 7.80. The predicted octanol–water partition coefficient (Wildman–Crippen LogP) is 2.41. The van der Waals surface area contributed by atoms with Crippen LogP contribution in [0.5, 0.6) is 0 Å². The smallest absolute Gasteiger partial charge is 0.291 e. The molecule has 0 bridgehead atoms. The van der Waals surface area contributed by atoms with Gasteiger partial charge in [-0.05, 0) is 52.0 Å². The Morgan fingerprint density at radius 3 is 2.52 bits per heavy atom. The van der Waals surface area contributed by atoms with Crippen LogP contribution in [0.3, 0.4) is 0 Å². The zero-order chi connectivity index (χ0) is 18.2. The summed E-state index contributed by atoms with van der Waals surface area (Å²) in [5.41, 5.74) is 0.832. The molecule has 1 amide bonds. The van der Waals surface area contributed by atoms with Crippen LogP contribution in [-0.4, -0.2) is 30.6 Å². The van der Waals surface area contributed by atoms with E-state index in [0.717, 1.165) is 5.69 Å². The van der Waals surface area contributed by atoms with E-state index in [4.69, 9.17) is 0 Å². The van der Waals surface area contributed by atoms with E-state index in [1.807, 2.05) is 20.8 Å². The first kappa shape index (κ1) is 16.8. The number of benzene rings is 1. The maximum atomic E-state index is 13.1. The van der Waals surface area contributed by atoms with E-state index in [-0.39, 0.29) is 11.6 Å². The van der Waals surface area contributed by atoms with Crippen molar-refractivity contribution in [1.29, 1.82) is 0 Å². The van der Waals surface area contributed by atoms with Gasteiger partial charge in [-0.2, -0.15) is 0 Å². The minimum absolute atomic E-state index is 0.0400. The van der Waals surface area contributed by atoms with Crippen LogP contribution >= 0.6 is 0 Å². The predicted molar refractivity (Wildman–Crippen MR) is 89.9 cm³/mol. The summed E-state index contributed by atoms with van der Waals surface area (Å²) in [6.07, 6.45) is 1.70. The molecule has 3 aromatic rings. The van der Waals surface area contributed by atoms with E-state index in [1.54, 1.807) is 25.3 Å². The van der Waals surface area contributed by atoms with Gasteiger partial charge in [0.1, 0.15) is 17.5 Å². The second-order valence-electron chi connectivity index (χ2n) is 6.36. The van der Waals surface area contributed by atoms with Crippen molar-refractivity contribution in [3.63, 3.8) is 0 Å². The SMILES string of the molecule is Cc1cnc(C(C)(C)NC(=O)c2nc(C)n(-c3ccc(F)cc3)n2)[nH]1. The van der Waals surface area contributed by atoms with E-state index in [1.165, 1.54) is 16.8 Å². The maximum Gasteiger partial charge on any atom is 0.291 e. The van der Waals surface area contributed by atoms with Gasteiger partial charge in [0.2, 0.25) is 5.82 Å². The van der Waals surface area contributed by atoms with Crippen molar-refractivity contribution < 1.29 is 9.18 Å². The number of aromatic nitrogens is 5. The topological polar surface area (TPSA) is 88.5 Å². The van der Waals surface area contributed by atoms with Gasteiger partial charge >= 0.3 is 0 Å². The lowest BCUT2D eigenvalue weighted by molar-refractivity contribution is 0.0898. The summed E-state index contributed by atoms with van der Waals surface area (Å²) in [6, 6.07) is 5.82. The molecule has 3 rings (SSSR count). The zero-order valence-electron chi connectivity index (χ0n) is 14.5. The first-order chi connectivity index (χ1) is 11.8. The standard InChI is InChI=1S/C17H19FN6O/c1-10-9-19-16(20-10)17(3,4)22-15(25)14-21-11(2)24(23-14)13-7-5-12(18)6-8-13/h5-9H,1-4H3,(H,19,20)(H,22,25). The second-order valence-corrected chi connectivity index (χ2v) is 6.36. The molecular weight excluding hydrogens is 323 g/mol. The Morgan fingerprint density at radius 2 is 1.92 bits per heavy atom. The van der Waals surface area contributed by atoms with Gasteiger partial charge in [-0.1, -0.05) is 0 Å². The van der Waals surface area contributed by atoms with Crippen LogP contribution in [0.25, 0.3) is 5.69 Å². The minimum Gasteiger partial charge on any atom is -0.344 e. The summed E-state index contributed by atoms with van der Waals surface area (Å²) in [7, 11) is 0. The molecule has 25 heavy (non-hydrogen) atoms. The molecule has 2 N–H and O–H groups in total. The van der Waals surface area contributed by atoms with Crippen molar-refractivity contribution in [2.75, 3.05) is 0 Å². The third kappa shape index (κ3) is 3.42. The van der Waals surface area contributed by atoms with Crippen LogP contribution in [0.4, 0.5) is 4.39 Å². The van der Waals surface area contributed by atoms with Gasteiger partial charge in [0.25, 0.3) is 5.91 Å². The van der Waals surface area contributed by atoms with Crippen LogP contribution < -0.4 is 5.32 Å². The van der Waals surface area contributed by atoms with Crippen molar-refractivity contribution in [2.24, 2.45) is 0 Å². The molecule has 0 saturated heterocycles. The number of hydrogen-bond donors (Lipinski definition) is 2. The normalized spacial score (nSPS) is 11.6. The summed E-state index contributed by atoms with van der Waals surface area (Å²) >= 11 is 0. The van der Waals surface area contributed by atoms with Gasteiger partial charge < -0.3 is 10.3 Å². The van der Waals surface area contributed by atoms with E-state index in [2.05, 4.69) is 25.4 Å². The molecule has 0 aliphatic heterocycles. The average Bonchev–Trinajstić information content (AvgIpc) is 3.14. The molecule has 8 heteroatoms. The maximum absolute atomic E-state index is 13.1. The number of H-pyrrole nitrogens is 1. The highest BCUT2D eigenvalue weighted by Gasteiger charge is 2.28. The number of amides is 1. The second kappa shape index (κ2) is 6.12. The van der Waals surface area contributed by atoms with Gasteiger partial charge in [-0.15, -0.1) is 5.10 Å². The summed E-state index contributed by atoms with van der Waals surface area (Å²) < 4.78 is 14.6.